The maximum absolute atomic E-state index is 11.6. The van der Waals surface area contributed by atoms with Crippen LogP contribution in [0.3, 0.4) is 0 Å². The molecule has 2 aromatic rings. The van der Waals surface area contributed by atoms with E-state index in [9.17, 15) is 4.79 Å². The topological polar surface area (TPSA) is 59.8 Å². The van der Waals surface area contributed by atoms with Crippen LogP contribution in [-0.4, -0.2) is 20.7 Å². The number of amides is 1. The molecule has 0 atom stereocenters. The number of hydrogen-bond donors (Lipinski definition) is 1. The van der Waals surface area contributed by atoms with Gasteiger partial charge in [-0.25, -0.2) is 0 Å². The molecule has 0 aliphatic rings. The van der Waals surface area contributed by atoms with Crippen molar-refractivity contribution in [2.45, 2.75) is 13.0 Å². The van der Waals surface area contributed by atoms with Gasteiger partial charge in [0, 0.05) is 37.2 Å². The molecular weight excluding hydrogens is 240 g/mol. The zero-order valence-electron chi connectivity index (χ0n) is 9.01. The van der Waals surface area contributed by atoms with E-state index in [1.807, 2.05) is 0 Å². The predicted molar refractivity (Wildman–Crippen MR) is 64.7 cm³/mol. The summed E-state index contributed by atoms with van der Waals surface area (Å²) < 4.78 is 1.63. The molecule has 2 aromatic heterocycles. The van der Waals surface area contributed by atoms with Gasteiger partial charge in [0.05, 0.1) is 11.2 Å². The highest BCUT2D eigenvalue weighted by Gasteiger charge is 2.03. The molecule has 17 heavy (non-hydrogen) atoms. The highest BCUT2D eigenvalue weighted by molar-refractivity contribution is 6.30. The van der Waals surface area contributed by atoms with Crippen molar-refractivity contribution in [3.05, 3.63) is 41.9 Å². The average molecular weight is 251 g/mol. The summed E-state index contributed by atoms with van der Waals surface area (Å²) >= 11 is 5.71. The summed E-state index contributed by atoms with van der Waals surface area (Å²) in [5.41, 5.74) is 0.739. The minimum Gasteiger partial charge on any atom is -0.326 e. The molecule has 0 radical (unpaired) electrons. The summed E-state index contributed by atoms with van der Waals surface area (Å²) in [4.78, 5) is 15.5. The van der Waals surface area contributed by atoms with Gasteiger partial charge in [-0.3, -0.25) is 14.5 Å². The van der Waals surface area contributed by atoms with Crippen LogP contribution in [0.2, 0.25) is 5.02 Å². The summed E-state index contributed by atoms with van der Waals surface area (Å²) in [5, 5.41) is 7.32. The molecule has 1 N–H and O–H groups in total. The summed E-state index contributed by atoms with van der Waals surface area (Å²) in [6.45, 7) is 0.504. The summed E-state index contributed by atoms with van der Waals surface area (Å²) in [6.07, 6.45) is 6.83. The predicted octanol–water partition coefficient (Wildman–Crippen LogP) is 1.96. The van der Waals surface area contributed by atoms with Crippen LogP contribution >= 0.6 is 11.6 Å². The quantitative estimate of drug-likeness (QED) is 0.902. The fourth-order valence-electron chi connectivity index (χ4n) is 1.34. The monoisotopic (exact) mass is 250 g/mol. The van der Waals surface area contributed by atoms with Crippen LogP contribution in [0.1, 0.15) is 6.42 Å². The average Bonchev–Trinajstić information content (AvgIpc) is 2.74. The summed E-state index contributed by atoms with van der Waals surface area (Å²) in [7, 11) is 0. The van der Waals surface area contributed by atoms with Crippen molar-refractivity contribution in [1.82, 2.24) is 14.8 Å². The second-order valence-corrected chi connectivity index (χ2v) is 3.89. The number of rotatable bonds is 4. The molecule has 0 fully saturated rings. The maximum Gasteiger partial charge on any atom is 0.226 e. The van der Waals surface area contributed by atoms with E-state index in [1.165, 1.54) is 0 Å². The third-order valence-corrected chi connectivity index (χ3v) is 2.33. The number of nitrogens with one attached hydrogen (secondary N) is 1. The number of nitrogens with zero attached hydrogens (tertiary/aromatic N) is 3. The van der Waals surface area contributed by atoms with Gasteiger partial charge in [0.1, 0.15) is 0 Å². The van der Waals surface area contributed by atoms with E-state index >= 15 is 0 Å². The lowest BCUT2D eigenvalue weighted by molar-refractivity contribution is -0.116. The van der Waals surface area contributed by atoms with Crippen LogP contribution < -0.4 is 5.32 Å². The van der Waals surface area contributed by atoms with Crippen LogP contribution in [0.4, 0.5) is 5.69 Å². The van der Waals surface area contributed by atoms with E-state index in [4.69, 9.17) is 11.6 Å². The van der Waals surface area contributed by atoms with Crippen molar-refractivity contribution in [1.29, 1.82) is 0 Å². The Morgan fingerprint density at radius 1 is 1.41 bits per heavy atom. The van der Waals surface area contributed by atoms with Crippen LogP contribution in [0.5, 0.6) is 0 Å². The van der Waals surface area contributed by atoms with Gasteiger partial charge in [0.25, 0.3) is 0 Å². The van der Waals surface area contributed by atoms with Crippen molar-refractivity contribution in [2.75, 3.05) is 5.32 Å². The minimum atomic E-state index is -0.0668. The number of carbonyl (C=O) groups is 1. The zero-order valence-corrected chi connectivity index (χ0v) is 9.76. The SMILES string of the molecule is O=C(CCn1cc(Cl)cn1)Nc1ccncc1. The lowest BCUT2D eigenvalue weighted by Gasteiger charge is -2.04. The van der Waals surface area contributed by atoms with Crippen LogP contribution in [0.25, 0.3) is 0 Å². The highest BCUT2D eigenvalue weighted by atomic mass is 35.5. The molecule has 0 spiro atoms. The number of anilines is 1. The normalized spacial score (nSPS) is 10.2. The molecule has 2 rings (SSSR count). The van der Waals surface area contributed by atoms with Gasteiger partial charge >= 0.3 is 0 Å². The van der Waals surface area contributed by atoms with E-state index in [-0.39, 0.29) is 5.91 Å². The Hall–Kier alpha value is -1.88. The van der Waals surface area contributed by atoms with Gasteiger partial charge in [0.2, 0.25) is 5.91 Å². The van der Waals surface area contributed by atoms with Crippen LogP contribution in [0.15, 0.2) is 36.9 Å². The Labute approximate surface area is 103 Å². The van der Waals surface area contributed by atoms with Gasteiger partial charge in [-0.2, -0.15) is 5.10 Å². The van der Waals surface area contributed by atoms with E-state index < -0.39 is 0 Å². The number of aromatic nitrogens is 3. The molecule has 5 nitrogen and oxygen atoms in total. The maximum atomic E-state index is 11.6. The molecule has 0 bridgehead atoms. The molecular formula is C11H11ClN4O. The number of pyridine rings is 1. The van der Waals surface area contributed by atoms with Crippen molar-refractivity contribution < 1.29 is 4.79 Å². The number of halogens is 1. The van der Waals surface area contributed by atoms with Crippen molar-refractivity contribution in [2.24, 2.45) is 0 Å². The Kier molecular flexibility index (Phi) is 3.72. The standard InChI is InChI=1S/C11H11ClN4O/c12-9-7-14-16(8-9)6-3-11(17)15-10-1-4-13-5-2-10/h1-2,4-5,7-8H,3,6H2,(H,13,15,17). The van der Waals surface area contributed by atoms with Crippen molar-refractivity contribution in [3.8, 4) is 0 Å². The number of aryl methyl sites for hydroxylation is 1. The Bertz CT molecular complexity index is 497. The summed E-state index contributed by atoms with van der Waals surface area (Å²) in [5.74, 6) is -0.0668. The van der Waals surface area contributed by atoms with Gasteiger partial charge in [-0.1, -0.05) is 11.6 Å². The Balaban J connectivity index is 1.82. The zero-order chi connectivity index (χ0) is 12.1. The molecule has 0 unspecified atom stereocenters. The minimum absolute atomic E-state index is 0.0668. The number of hydrogen-bond acceptors (Lipinski definition) is 3. The van der Waals surface area contributed by atoms with Gasteiger partial charge in [0.15, 0.2) is 0 Å². The third-order valence-electron chi connectivity index (χ3n) is 2.13. The fourth-order valence-corrected chi connectivity index (χ4v) is 1.49. The summed E-state index contributed by atoms with van der Waals surface area (Å²) in [6, 6.07) is 3.48. The molecule has 88 valence electrons. The largest absolute Gasteiger partial charge is 0.326 e. The Morgan fingerprint density at radius 3 is 2.82 bits per heavy atom. The first-order valence-electron chi connectivity index (χ1n) is 5.12. The molecule has 0 aliphatic carbocycles. The van der Waals surface area contributed by atoms with Crippen LogP contribution in [0, 0.1) is 0 Å². The molecule has 2 heterocycles. The second-order valence-electron chi connectivity index (χ2n) is 3.46. The first-order valence-corrected chi connectivity index (χ1v) is 5.50. The molecule has 0 saturated carbocycles. The molecule has 0 aromatic carbocycles. The first kappa shape index (κ1) is 11.6. The lowest BCUT2D eigenvalue weighted by atomic mass is 10.3. The van der Waals surface area contributed by atoms with Crippen molar-refractivity contribution >= 4 is 23.2 Å². The molecule has 6 heteroatoms. The second kappa shape index (κ2) is 5.45. The molecule has 0 saturated heterocycles. The van der Waals surface area contributed by atoms with E-state index in [0.717, 1.165) is 5.69 Å². The van der Waals surface area contributed by atoms with Crippen molar-refractivity contribution in [3.63, 3.8) is 0 Å². The third kappa shape index (κ3) is 3.57. The first-order chi connectivity index (χ1) is 8.24. The Morgan fingerprint density at radius 2 is 2.18 bits per heavy atom. The van der Waals surface area contributed by atoms with Gasteiger partial charge in [-0.15, -0.1) is 0 Å². The number of carbonyl (C=O) groups excluding carboxylic acids is 1. The van der Waals surface area contributed by atoms with Gasteiger partial charge < -0.3 is 5.32 Å². The van der Waals surface area contributed by atoms with Crippen LogP contribution in [-0.2, 0) is 11.3 Å². The molecule has 1 amide bonds. The van der Waals surface area contributed by atoms with E-state index in [0.29, 0.717) is 18.0 Å². The highest BCUT2D eigenvalue weighted by Crippen LogP contribution is 2.06. The fraction of sp³-hybridized carbons (Fsp3) is 0.182. The lowest BCUT2D eigenvalue weighted by Crippen LogP contribution is -2.14. The smallest absolute Gasteiger partial charge is 0.226 e. The van der Waals surface area contributed by atoms with E-state index in [2.05, 4.69) is 15.4 Å². The molecule has 0 aliphatic heterocycles. The van der Waals surface area contributed by atoms with E-state index in [1.54, 1.807) is 41.6 Å². The van der Waals surface area contributed by atoms with Gasteiger partial charge in [-0.05, 0) is 12.1 Å².